The lowest BCUT2D eigenvalue weighted by atomic mass is 10.1. The van der Waals surface area contributed by atoms with Crippen LogP contribution in [-0.4, -0.2) is 25.8 Å². The van der Waals surface area contributed by atoms with Crippen LogP contribution in [0, 0.1) is 23.0 Å². The van der Waals surface area contributed by atoms with Gasteiger partial charge in [-0.25, -0.2) is 17.2 Å². The second kappa shape index (κ2) is 8.48. The minimum absolute atomic E-state index is 0.00783. The van der Waals surface area contributed by atoms with Gasteiger partial charge >= 0.3 is 0 Å². The zero-order chi connectivity index (χ0) is 20.1. The number of halogens is 2. The maximum absolute atomic E-state index is 13.8. The molecule has 0 saturated heterocycles. The van der Waals surface area contributed by atoms with Crippen molar-refractivity contribution in [3.63, 3.8) is 0 Å². The Hall–Kier alpha value is -2.80. The largest absolute Gasteiger partial charge is 0.272 e. The molecule has 2 aromatic rings. The first-order chi connectivity index (χ1) is 13.4. The van der Waals surface area contributed by atoms with Gasteiger partial charge in [-0.2, -0.15) is 9.57 Å². The number of hydroxylamine groups is 1. The third kappa shape index (κ3) is 4.54. The van der Waals surface area contributed by atoms with Crippen LogP contribution in [0.15, 0.2) is 59.1 Å². The average molecular weight is 405 g/mol. The molecule has 0 spiro atoms. The quantitative estimate of drug-likeness (QED) is 0.748. The van der Waals surface area contributed by atoms with Gasteiger partial charge in [0.2, 0.25) is 10.0 Å². The molecular weight excluding hydrogens is 388 g/mol. The van der Waals surface area contributed by atoms with Crippen LogP contribution in [-0.2, 0) is 21.5 Å². The van der Waals surface area contributed by atoms with E-state index in [0.717, 1.165) is 22.0 Å². The molecule has 0 aromatic heterocycles. The smallest absolute Gasteiger partial charge is 0.246 e. The Bertz CT molecular complexity index is 1050. The van der Waals surface area contributed by atoms with E-state index < -0.39 is 26.6 Å². The van der Waals surface area contributed by atoms with Gasteiger partial charge in [0.15, 0.2) is 0 Å². The SMILES string of the molecule is N#Cc1cccc(CONC2=CCN(S(=O)(=O)c3cc(F)ccc3F)CC2)c1. The van der Waals surface area contributed by atoms with Crippen LogP contribution < -0.4 is 5.48 Å². The predicted octanol–water partition coefficient (Wildman–Crippen LogP) is 2.84. The topological polar surface area (TPSA) is 82.4 Å². The Balaban J connectivity index is 1.59. The van der Waals surface area contributed by atoms with Crippen LogP contribution in [0.4, 0.5) is 8.78 Å². The number of nitrogens with one attached hydrogen (secondary N) is 1. The fourth-order valence-corrected chi connectivity index (χ4v) is 4.17. The zero-order valence-electron chi connectivity index (χ0n) is 14.7. The third-order valence-corrected chi connectivity index (χ3v) is 6.06. The number of rotatable bonds is 6. The van der Waals surface area contributed by atoms with Crippen LogP contribution in [0.5, 0.6) is 0 Å². The molecule has 2 aromatic carbocycles. The molecule has 1 aliphatic heterocycles. The first-order valence-electron chi connectivity index (χ1n) is 8.41. The molecule has 1 N–H and O–H groups in total. The molecule has 0 atom stereocenters. The highest BCUT2D eigenvalue weighted by atomic mass is 32.2. The van der Waals surface area contributed by atoms with E-state index in [1.54, 1.807) is 24.3 Å². The molecule has 9 heteroatoms. The van der Waals surface area contributed by atoms with E-state index in [4.69, 9.17) is 10.1 Å². The lowest BCUT2D eigenvalue weighted by Crippen LogP contribution is -2.37. The Morgan fingerprint density at radius 2 is 2.04 bits per heavy atom. The molecule has 0 bridgehead atoms. The van der Waals surface area contributed by atoms with E-state index in [0.29, 0.717) is 23.7 Å². The van der Waals surface area contributed by atoms with Crippen LogP contribution in [0.3, 0.4) is 0 Å². The van der Waals surface area contributed by atoms with Gasteiger partial charge in [-0.05, 0) is 42.0 Å². The molecule has 0 amide bonds. The number of sulfonamides is 1. The fraction of sp³-hybridized carbons (Fsp3) is 0.211. The van der Waals surface area contributed by atoms with Crippen molar-refractivity contribution in [1.29, 1.82) is 5.26 Å². The summed E-state index contributed by atoms with van der Waals surface area (Å²) in [5.74, 6) is -1.80. The summed E-state index contributed by atoms with van der Waals surface area (Å²) >= 11 is 0. The second-order valence-electron chi connectivity index (χ2n) is 6.12. The van der Waals surface area contributed by atoms with Gasteiger partial charge in [0.1, 0.15) is 16.5 Å². The Morgan fingerprint density at radius 1 is 1.21 bits per heavy atom. The lowest BCUT2D eigenvalue weighted by molar-refractivity contribution is 0.0453. The number of hydrogen-bond acceptors (Lipinski definition) is 5. The van der Waals surface area contributed by atoms with E-state index in [2.05, 4.69) is 5.48 Å². The summed E-state index contributed by atoms with van der Waals surface area (Å²) in [4.78, 5) is 4.72. The van der Waals surface area contributed by atoms with Gasteiger partial charge in [0.05, 0.1) is 18.2 Å². The van der Waals surface area contributed by atoms with Gasteiger partial charge in [-0.1, -0.05) is 12.1 Å². The van der Waals surface area contributed by atoms with Gasteiger partial charge in [0, 0.05) is 25.2 Å². The van der Waals surface area contributed by atoms with Crippen molar-refractivity contribution in [3.05, 3.63) is 77.0 Å². The summed E-state index contributed by atoms with van der Waals surface area (Å²) in [5.41, 5.74) is 4.79. The zero-order valence-corrected chi connectivity index (χ0v) is 15.5. The first kappa shape index (κ1) is 19.9. The summed E-state index contributed by atoms with van der Waals surface area (Å²) < 4.78 is 53.3. The highest BCUT2D eigenvalue weighted by molar-refractivity contribution is 7.89. The van der Waals surface area contributed by atoms with E-state index in [-0.39, 0.29) is 19.7 Å². The number of nitrogens with zero attached hydrogens (tertiary/aromatic N) is 2. The summed E-state index contributed by atoms with van der Waals surface area (Å²) in [7, 11) is -4.14. The van der Waals surface area contributed by atoms with E-state index in [1.165, 1.54) is 0 Å². The average Bonchev–Trinajstić information content (AvgIpc) is 2.70. The van der Waals surface area contributed by atoms with Crippen molar-refractivity contribution in [3.8, 4) is 6.07 Å². The van der Waals surface area contributed by atoms with Crippen molar-refractivity contribution in [1.82, 2.24) is 9.79 Å². The molecule has 28 heavy (non-hydrogen) atoms. The molecule has 0 aliphatic carbocycles. The van der Waals surface area contributed by atoms with Gasteiger partial charge in [-0.3, -0.25) is 10.3 Å². The monoisotopic (exact) mass is 405 g/mol. The first-order valence-corrected chi connectivity index (χ1v) is 9.85. The summed E-state index contributed by atoms with van der Waals surface area (Å²) in [5, 5.41) is 8.88. The standard InChI is InChI=1S/C19H17F2N3O3S/c20-16-4-5-18(21)19(11-16)28(25,26)24-8-6-17(7-9-24)23-27-13-15-3-1-2-14(10-15)12-22/h1-6,10-11,23H,7-9,13H2. The van der Waals surface area contributed by atoms with E-state index >= 15 is 0 Å². The molecule has 0 fully saturated rings. The molecule has 146 valence electrons. The molecule has 0 radical (unpaired) electrons. The Morgan fingerprint density at radius 3 is 2.75 bits per heavy atom. The number of hydrogen-bond donors (Lipinski definition) is 1. The van der Waals surface area contributed by atoms with Gasteiger partial charge < -0.3 is 0 Å². The summed E-state index contributed by atoms with van der Waals surface area (Å²) in [6, 6.07) is 11.4. The number of benzene rings is 2. The molecule has 1 aliphatic rings. The van der Waals surface area contributed by atoms with Crippen LogP contribution in [0.1, 0.15) is 17.5 Å². The normalized spacial score (nSPS) is 15.0. The highest BCUT2D eigenvalue weighted by Gasteiger charge is 2.29. The highest BCUT2D eigenvalue weighted by Crippen LogP contribution is 2.23. The number of nitriles is 1. The van der Waals surface area contributed by atoms with Crippen molar-refractivity contribution in [2.75, 3.05) is 13.1 Å². The minimum Gasteiger partial charge on any atom is -0.272 e. The Kier molecular flexibility index (Phi) is 6.04. The molecule has 0 saturated carbocycles. The van der Waals surface area contributed by atoms with E-state index in [9.17, 15) is 17.2 Å². The Labute approximate surface area is 161 Å². The fourth-order valence-electron chi connectivity index (χ4n) is 2.72. The van der Waals surface area contributed by atoms with Crippen molar-refractivity contribution in [2.24, 2.45) is 0 Å². The van der Waals surface area contributed by atoms with Gasteiger partial charge in [0.25, 0.3) is 0 Å². The predicted molar refractivity (Wildman–Crippen MR) is 96.9 cm³/mol. The maximum atomic E-state index is 13.8. The van der Waals surface area contributed by atoms with E-state index in [1.807, 2.05) is 12.1 Å². The summed E-state index contributed by atoms with van der Waals surface area (Å²) in [6.45, 7) is 0.335. The van der Waals surface area contributed by atoms with Crippen molar-refractivity contribution in [2.45, 2.75) is 17.9 Å². The molecule has 6 nitrogen and oxygen atoms in total. The van der Waals surface area contributed by atoms with Crippen LogP contribution >= 0.6 is 0 Å². The molecule has 1 heterocycles. The second-order valence-corrected chi connectivity index (χ2v) is 8.03. The lowest BCUT2D eigenvalue weighted by Gasteiger charge is -2.26. The maximum Gasteiger partial charge on any atom is 0.246 e. The van der Waals surface area contributed by atoms with Crippen molar-refractivity contribution >= 4 is 10.0 Å². The van der Waals surface area contributed by atoms with Crippen LogP contribution in [0.25, 0.3) is 0 Å². The van der Waals surface area contributed by atoms with Crippen LogP contribution in [0.2, 0.25) is 0 Å². The minimum atomic E-state index is -4.14. The molecular formula is C19H17F2N3O3S. The summed E-state index contributed by atoms with van der Waals surface area (Å²) in [6.07, 6.45) is 1.94. The van der Waals surface area contributed by atoms with Gasteiger partial charge in [-0.15, -0.1) is 0 Å². The van der Waals surface area contributed by atoms with Crippen molar-refractivity contribution < 1.29 is 22.0 Å². The molecule has 0 unspecified atom stereocenters. The third-order valence-electron chi connectivity index (χ3n) is 4.18. The molecule has 3 rings (SSSR count).